The molecule has 7 rings (SSSR count). The fourth-order valence-corrected chi connectivity index (χ4v) is 6.24. The van der Waals surface area contributed by atoms with Crippen molar-refractivity contribution in [3.05, 3.63) is 144 Å². The molecule has 1 N–H and O–H groups in total. The van der Waals surface area contributed by atoms with E-state index in [9.17, 15) is 9.59 Å². The molecule has 0 saturated carbocycles. The highest BCUT2D eigenvalue weighted by Gasteiger charge is 2.53. The van der Waals surface area contributed by atoms with Crippen molar-refractivity contribution in [2.24, 2.45) is 0 Å². The van der Waals surface area contributed by atoms with E-state index >= 15 is 0 Å². The van der Waals surface area contributed by atoms with Gasteiger partial charge in [0.1, 0.15) is 11.5 Å². The van der Waals surface area contributed by atoms with E-state index in [1.165, 1.54) is 0 Å². The number of carbonyl (C=O) groups excluding carboxylic acids is 2. The van der Waals surface area contributed by atoms with Crippen LogP contribution in [-0.2, 0) is 10.3 Å². The molecule has 1 spiro atoms. The van der Waals surface area contributed by atoms with E-state index in [4.69, 9.17) is 9.47 Å². The summed E-state index contributed by atoms with van der Waals surface area (Å²) in [7, 11) is 0. The molecule has 0 aliphatic carbocycles. The van der Waals surface area contributed by atoms with E-state index in [1.807, 2.05) is 115 Å². The van der Waals surface area contributed by atoms with E-state index in [-0.39, 0.29) is 6.03 Å². The Hall–Kier alpha value is -5.56. The van der Waals surface area contributed by atoms with Crippen molar-refractivity contribution in [2.45, 2.75) is 19.4 Å². The van der Waals surface area contributed by atoms with Gasteiger partial charge in [-0.05, 0) is 74.5 Å². The molecule has 0 saturated heterocycles. The Bertz CT molecular complexity index is 1870. The first-order chi connectivity index (χ1) is 21.5. The SMILES string of the molecule is CCN(CC)c1ccc2c(c1)Oc1ccc(N(C(=O)Nc3ccccc3)c3ccccc3)cc1C21OC(=O)c2ccccc21. The van der Waals surface area contributed by atoms with Crippen molar-refractivity contribution in [2.75, 3.05) is 28.2 Å². The Balaban J connectivity index is 1.41. The van der Waals surface area contributed by atoms with Gasteiger partial charge in [0.15, 0.2) is 5.60 Å². The fourth-order valence-electron chi connectivity index (χ4n) is 6.24. The Morgan fingerprint density at radius 2 is 1.36 bits per heavy atom. The first-order valence-corrected chi connectivity index (χ1v) is 14.8. The average Bonchev–Trinajstić information content (AvgIpc) is 3.35. The number of hydrogen-bond donors (Lipinski definition) is 1. The molecule has 5 aromatic rings. The molecule has 7 nitrogen and oxygen atoms in total. The number of para-hydroxylation sites is 2. The van der Waals surface area contributed by atoms with Gasteiger partial charge in [-0.3, -0.25) is 4.90 Å². The van der Waals surface area contributed by atoms with Crippen LogP contribution in [0.3, 0.4) is 0 Å². The monoisotopic (exact) mass is 581 g/mol. The summed E-state index contributed by atoms with van der Waals surface area (Å²) in [6, 6.07) is 37.6. The summed E-state index contributed by atoms with van der Waals surface area (Å²) >= 11 is 0. The van der Waals surface area contributed by atoms with Crippen LogP contribution in [0.1, 0.15) is 40.9 Å². The van der Waals surface area contributed by atoms with Gasteiger partial charge in [-0.1, -0.05) is 54.6 Å². The highest BCUT2D eigenvalue weighted by Crippen LogP contribution is 2.57. The van der Waals surface area contributed by atoms with Gasteiger partial charge < -0.3 is 19.7 Å². The van der Waals surface area contributed by atoms with Crippen LogP contribution in [0.4, 0.5) is 27.5 Å². The third-order valence-corrected chi connectivity index (χ3v) is 8.31. The number of ether oxygens (including phenoxy) is 2. The third kappa shape index (κ3) is 4.36. The number of nitrogens with zero attached hydrogens (tertiary/aromatic N) is 2. The standard InChI is InChI=1S/C37H31N3O4/c1-3-39(4-2)27-19-21-31-34(24-27)43-33-22-20-28(23-32(33)37(31)30-18-12-11-17-29(30)35(41)44-37)40(26-15-9-6-10-16-26)36(42)38-25-13-7-5-8-14-25/h5-24H,3-4H2,1-2H3,(H,38,42). The largest absolute Gasteiger partial charge is 0.456 e. The van der Waals surface area contributed by atoms with E-state index < -0.39 is 11.6 Å². The van der Waals surface area contributed by atoms with E-state index in [0.717, 1.165) is 29.9 Å². The lowest BCUT2D eigenvalue weighted by atomic mass is 9.77. The van der Waals surface area contributed by atoms with E-state index in [0.29, 0.717) is 39.7 Å². The second-order valence-corrected chi connectivity index (χ2v) is 10.7. The summed E-state index contributed by atoms with van der Waals surface area (Å²) in [5, 5.41) is 3.01. The topological polar surface area (TPSA) is 71.1 Å². The quantitative estimate of drug-likeness (QED) is 0.204. The highest BCUT2D eigenvalue weighted by atomic mass is 16.6. The second-order valence-electron chi connectivity index (χ2n) is 10.7. The molecule has 7 heteroatoms. The predicted molar refractivity (Wildman–Crippen MR) is 172 cm³/mol. The molecule has 1 unspecified atom stereocenters. The van der Waals surface area contributed by atoms with Crippen molar-refractivity contribution < 1.29 is 19.1 Å². The minimum atomic E-state index is -1.26. The fraction of sp³-hybridized carbons (Fsp3) is 0.135. The predicted octanol–water partition coefficient (Wildman–Crippen LogP) is 8.47. The Labute approximate surface area is 256 Å². The van der Waals surface area contributed by atoms with E-state index in [1.54, 1.807) is 11.0 Å². The zero-order chi connectivity index (χ0) is 30.3. The van der Waals surface area contributed by atoms with Gasteiger partial charge in [0.2, 0.25) is 0 Å². The molecule has 0 fully saturated rings. The maximum absolute atomic E-state index is 13.9. The van der Waals surface area contributed by atoms with Gasteiger partial charge in [0.25, 0.3) is 0 Å². The first kappa shape index (κ1) is 27.3. The molecule has 5 aromatic carbocycles. The summed E-state index contributed by atoms with van der Waals surface area (Å²) in [6.07, 6.45) is 0. The summed E-state index contributed by atoms with van der Waals surface area (Å²) in [5.74, 6) is 0.777. The number of amides is 2. The van der Waals surface area contributed by atoms with Crippen LogP contribution in [0.15, 0.2) is 121 Å². The number of hydrogen-bond acceptors (Lipinski definition) is 5. The molecule has 2 aliphatic heterocycles. The normalized spacial score (nSPS) is 15.8. The molecule has 2 amide bonds. The van der Waals surface area contributed by atoms with Gasteiger partial charge in [-0.15, -0.1) is 0 Å². The summed E-state index contributed by atoms with van der Waals surface area (Å²) in [5.41, 5.74) is 4.33. The number of carbonyl (C=O) groups is 2. The van der Waals surface area contributed by atoms with Crippen molar-refractivity contribution in [1.82, 2.24) is 0 Å². The lowest BCUT2D eigenvalue weighted by Crippen LogP contribution is -2.35. The number of rotatable bonds is 6. The lowest BCUT2D eigenvalue weighted by molar-refractivity contribution is 0.0224. The maximum Gasteiger partial charge on any atom is 0.340 e. The van der Waals surface area contributed by atoms with Gasteiger partial charge >= 0.3 is 12.0 Å². The number of fused-ring (bicyclic) bond motifs is 6. The smallest absolute Gasteiger partial charge is 0.340 e. The van der Waals surface area contributed by atoms with Crippen molar-refractivity contribution in [3.8, 4) is 11.5 Å². The van der Waals surface area contributed by atoms with Crippen molar-refractivity contribution in [1.29, 1.82) is 0 Å². The molecule has 0 aromatic heterocycles. The van der Waals surface area contributed by atoms with Gasteiger partial charge in [0.05, 0.1) is 16.9 Å². The number of esters is 1. The van der Waals surface area contributed by atoms with Crippen LogP contribution < -0.4 is 19.9 Å². The average molecular weight is 582 g/mol. The second kappa shape index (κ2) is 10.9. The zero-order valence-corrected chi connectivity index (χ0v) is 24.5. The highest BCUT2D eigenvalue weighted by molar-refractivity contribution is 6.07. The number of anilines is 4. The van der Waals surface area contributed by atoms with Crippen LogP contribution in [0, 0.1) is 0 Å². The molecule has 2 aliphatic rings. The van der Waals surface area contributed by atoms with Gasteiger partial charge in [-0.25, -0.2) is 9.59 Å². The Kier molecular flexibility index (Phi) is 6.78. The van der Waals surface area contributed by atoms with Crippen LogP contribution in [0.2, 0.25) is 0 Å². The number of urea groups is 1. The zero-order valence-electron chi connectivity index (χ0n) is 24.5. The van der Waals surface area contributed by atoms with Crippen LogP contribution in [0.5, 0.6) is 11.5 Å². The lowest BCUT2D eigenvalue weighted by Gasteiger charge is -2.38. The van der Waals surface area contributed by atoms with E-state index in [2.05, 4.69) is 24.1 Å². The number of benzene rings is 5. The van der Waals surface area contributed by atoms with Gasteiger partial charge in [-0.2, -0.15) is 0 Å². The molecule has 0 radical (unpaired) electrons. The van der Waals surface area contributed by atoms with Crippen LogP contribution >= 0.6 is 0 Å². The van der Waals surface area contributed by atoms with Crippen LogP contribution in [0.25, 0.3) is 0 Å². The Morgan fingerprint density at radius 3 is 2.11 bits per heavy atom. The molecule has 0 bridgehead atoms. The van der Waals surface area contributed by atoms with Gasteiger partial charge in [0, 0.05) is 47.2 Å². The summed E-state index contributed by atoms with van der Waals surface area (Å²) < 4.78 is 13.0. The Morgan fingerprint density at radius 1 is 0.682 bits per heavy atom. The first-order valence-electron chi connectivity index (χ1n) is 14.8. The number of nitrogens with one attached hydrogen (secondary N) is 1. The molecular formula is C37H31N3O4. The minimum Gasteiger partial charge on any atom is -0.456 e. The summed E-state index contributed by atoms with van der Waals surface area (Å²) in [6.45, 7) is 5.92. The van der Waals surface area contributed by atoms with Crippen molar-refractivity contribution >= 4 is 34.7 Å². The molecule has 1 atom stereocenters. The minimum absolute atomic E-state index is 0.332. The third-order valence-electron chi connectivity index (χ3n) is 8.31. The molecule has 218 valence electrons. The van der Waals surface area contributed by atoms with Crippen molar-refractivity contribution in [3.63, 3.8) is 0 Å². The summed E-state index contributed by atoms with van der Waals surface area (Å²) in [4.78, 5) is 31.2. The molecular weight excluding hydrogens is 550 g/mol. The molecule has 44 heavy (non-hydrogen) atoms. The maximum atomic E-state index is 13.9. The van der Waals surface area contributed by atoms with Crippen LogP contribution in [-0.4, -0.2) is 25.1 Å². The molecule has 2 heterocycles.